The summed E-state index contributed by atoms with van der Waals surface area (Å²) in [5.74, 6) is -0.237. The predicted octanol–water partition coefficient (Wildman–Crippen LogP) is 2.40. The fourth-order valence-corrected chi connectivity index (χ4v) is 1.40. The van der Waals surface area contributed by atoms with Crippen LogP contribution in [0, 0.1) is 5.82 Å². The summed E-state index contributed by atoms with van der Waals surface area (Å²) in [6.45, 7) is 3.74. The number of hydrogen-bond donors (Lipinski definition) is 2. The molecule has 1 aromatic rings. The van der Waals surface area contributed by atoms with Crippen LogP contribution in [0.25, 0.3) is 0 Å². The molecule has 0 aliphatic heterocycles. The molecule has 0 amide bonds. The maximum absolute atomic E-state index is 12.6. The van der Waals surface area contributed by atoms with E-state index in [2.05, 4.69) is 5.32 Å². The Labute approximate surface area is 83.8 Å². The van der Waals surface area contributed by atoms with Crippen molar-refractivity contribution in [2.75, 3.05) is 5.32 Å². The van der Waals surface area contributed by atoms with Gasteiger partial charge in [-0.05, 0) is 44.5 Å². The molecule has 0 aliphatic rings. The van der Waals surface area contributed by atoms with Crippen molar-refractivity contribution in [3.8, 4) is 0 Å². The van der Waals surface area contributed by atoms with Crippen molar-refractivity contribution in [1.29, 1.82) is 0 Å². The van der Waals surface area contributed by atoms with Crippen LogP contribution in [0.15, 0.2) is 24.3 Å². The summed E-state index contributed by atoms with van der Waals surface area (Å²) >= 11 is 0. The third-order valence-electron chi connectivity index (χ3n) is 1.95. The highest BCUT2D eigenvalue weighted by molar-refractivity contribution is 5.43. The third kappa shape index (κ3) is 3.75. The van der Waals surface area contributed by atoms with E-state index in [-0.39, 0.29) is 18.0 Å². The lowest BCUT2D eigenvalue weighted by Crippen LogP contribution is -2.20. The Kier molecular flexibility index (Phi) is 3.89. The van der Waals surface area contributed by atoms with Crippen LogP contribution in [-0.2, 0) is 0 Å². The summed E-state index contributed by atoms with van der Waals surface area (Å²) < 4.78 is 12.6. The molecule has 2 nitrogen and oxygen atoms in total. The van der Waals surface area contributed by atoms with E-state index >= 15 is 0 Å². The first-order valence-corrected chi connectivity index (χ1v) is 4.78. The molecule has 3 heteroatoms. The van der Waals surface area contributed by atoms with Gasteiger partial charge in [0.25, 0.3) is 0 Å². The van der Waals surface area contributed by atoms with E-state index in [4.69, 9.17) is 5.11 Å². The molecule has 0 heterocycles. The summed E-state index contributed by atoms with van der Waals surface area (Å²) in [7, 11) is 0. The van der Waals surface area contributed by atoms with Gasteiger partial charge in [-0.2, -0.15) is 0 Å². The van der Waals surface area contributed by atoms with Crippen LogP contribution < -0.4 is 5.32 Å². The van der Waals surface area contributed by atoms with Gasteiger partial charge in [-0.25, -0.2) is 4.39 Å². The van der Waals surface area contributed by atoms with Crippen molar-refractivity contribution in [3.05, 3.63) is 30.1 Å². The van der Waals surface area contributed by atoms with Crippen molar-refractivity contribution in [3.63, 3.8) is 0 Å². The van der Waals surface area contributed by atoms with Crippen LogP contribution in [0.3, 0.4) is 0 Å². The highest BCUT2D eigenvalue weighted by Gasteiger charge is 2.05. The Bertz CT molecular complexity index is 271. The van der Waals surface area contributed by atoms with Crippen molar-refractivity contribution < 1.29 is 9.50 Å². The average Bonchev–Trinajstić information content (AvgIpc) is 2.07. The fraction of sp³-hybridized carbons (Fsp3) is 0.455. The number of rotatable bonds is 4. The zero-order valence-corrected chi connectivity index (χ0v) is 8.50. The molecule has 0 aromatic heterocycles. The number of aliphatic hydroxyl groups excluding tert-OH is 1. The van der Waals surface area contributed by atoms with Crippen LogP contribution in [0.2, 0.25) is 0 Å². The van der Waals surface area contributed by atoms with Gasteiger partial charge in [-0.15, -0.1) is 0 Å². The Balaban J connectivity index is 2.47. The molecule has 1 aromatic carbocycles. The Morgan fingerprint density at radius 2 is 1.86 bits per heavy atom. The molecule has 78 valence electrons. The molecular weight excluding hydrogens is 181 g/mol. The first-order valence-electron chi connectivity index (χ1n) is 4.78. The first-order chi connectivity index (χ1) is 6.58. The summed E-state index contributed by atoms with van der Waals surface area (Å²) in [6.07, 6.45) is 0.357. The molecule has 0 radical (unpaired) electrons. The topological polar surface area (TPSA) is 32.3 Å². The quantitative estimate of drug-likeness (QED) is 0.776. The van der Waals surface area contributed by atoms with Crippen molar-refractivity contribution in [2.45, 2.75) is 32.4 Å². The van der Waals surface area contributed by atoms with Gasteiger partial charge in [0.15, 0.2) is 0 Å². The maximum atomic E-state index is 12.6. The minimum atomic E-state index is -0.321. The zero-order valence-electron chi connectivity index (χ0n) is 8.50. The van der Waals surface area contributed by atoms with Gasteiger partial charge >= 0.3 is 0 Å². The summed E-state index contributed by atoms with van der Waals surface area (Å²) in [6, 6.07) is 6.39. The molecule has 0 spiro atoms. The van der Waals surface area contributed by atoms with E-state index in [1.54, 1.807) is 19.1 Å². The van der Waals surface area contributed by atoms with E-state index in [0.717, 1.165) is 5.69 Å². The van der Waals surface area contributed by atoms with Crippen LogP contribution in [0.4, 0.5) is 10.1 Å². The number of nitrogens with one attached hydrogen (secondary N) is 1. The van der Waals surface area contributed by atoms with E-state index in [9.17, 15) is 4.39 Å². The summed E-state index contributed by atoms with van der Waals surface area (Å²) in [5.41, 5.74) is 0.875. The normalized spacial score (nSPS) is 14.9. The molecule has 0 bridgehead atoms. The molecular formula is C11H16FNO. The first kappa shape index (κ1) is 11.0. The minimum Gasteiger partial charge on any atom is -0.393 e. The lowest BCUT2D eigenvalue weighted by molar-refractivity contribution is 0.179. The lowest BCUT2D eigenvalue weighted by atomic mass is 10.1. The van der Waals surface area contributed by atoms with Gasteiger partial charge in [0.1, 0.15) is 5.82 Å². The second-order valence-electron chi connectivity index (χ2n) is 3.64. The average molecular weight is 197 g/mol. The van der Waals surface area contributed by atoms with Crippen LogP contribution in [0.1, 0.15) is 20.3 Å². The van der Waals surface area contributed by atoms with Crippen LogP contribution >= 0.6 is 0 Å². The fourth-order valence-electron chi connectivity index (χ4n) is 1.40. The second kappa shape index (κ2) is 4.96. The van der Waals surface area contributed by atoms with Gasteiger partial charge < -0.3 is 10.4 Å². The maximum Gasteiger partial charge on any atom is 0.123 e. The predicted molar refractivity (Wildman–Crippen MR) is 55.8 cm³/mol. The van der Waals surface area contributed by atoms with Crippen LogP contribution in [0.5, 0.6) is 0 Å². The van der Waals surface area contributed by atoms with Gasteiger partial charge in [0.05, 0.1) is 6.10 Å². The Hall–Kier alpha value is -1.09. The molecule has 2 N–H and O–H groups in total. The lowest BCUT2D eigenvalue weighted by Gasteiger charge is -2.16. The Morgan fingerprint density at radius 1 is 1.29 bits per heavy atom. The van der Waals surface area contributed by atoms with E-state index in [1.165, 1.54) is 12.1 Å². The zero-order chi connectivity index (χ0) is 10.6. The van der Waals surface area contributed by atoms with E-state index in [0.29, 0.717) is 6.42 Å². The van der Waals surface area contributed by atoms with E-state index < -0.39 is 0 Å². The van der Waals surface area contributed by atoms with Gasteiger partial charge in [-0.1, -0.05) is 0 Å². The molecule has 0 fully saturated rings. The van der Waals surface area contributed by atoms with Crippen molar-refractivity contribution in [1.82, 2.24) is 0 Å². The molecule has 1 rings (SSSR count). The van der Waals surface area contributed by atoms with Crippen LogP contribution in [-0.4, -0.2) is 17.3 Å². The monoisotopic (exact) mass is 197 g/mol. The number of hydrogen-bond acceptors (Lipinski definition) is 2. The standard InChI is InChI=1S/C11H16FNO/c1-8(7-9(2)14)13-11-5-3-10(12)4-6-11/h3-6,8-9,13-14H,7H2,1-2H3. The Morgan fingerprint density at radius 3 is 2.36 bits per heavy atom. The summed E-state index contributed by atoms with van der Waals surface area (Å²) in [4.78, 5) is 0. The van der Waals surface area contributed by atoms with Gasteiger partial charge in [0, 0.05) is 11.7 Å². The second-order valence-corrected chi connectivity index (χ2v) is 3.64. The number of benzene rings is 1. The SMILES string of the molecule is CC(O)CC(C)Nc1ccc(F)cc1. The highest BCUT2D eigenvalue weighted by Crippen LogP contribution is 2.11. The van der Waals surface area contributed by atoms with Crippen molar-refractivity contribution >= 4 is 5.69 Å². The molecule has 0 saturated heterocycles. The molecule has 2 atom stereocenters. The third-order valence-corrected chi connectivity index (χ3v) is 1.95. The number of aliphatic hydroxyl groups is 1. The van der Waals surface area contributed by atoms with Gasteiger partial charge in [-0.3, -0.25) is 0 Å². The minimum absolute atomic E-state index is 0.181. The summed E-state index contributed by atoms with van der Waals surface area (Å²) in [5, 5.41) is 12.3. The molecule has 0 aliphatic carbocycles. The highest BCUT2D eigenvalue weighted by atomic mass is 19.1. The van der Waals surface area contributed by atoms with Gasteiger partial charge in [0.2, 0.25) is 0 Å². The van der Waals surface area contributed by atoms with Crippen molar-refractivity contribution in [2.24, 2.45) is 0 Å². The number of halogens is 1. The molecule has 14 heavy (non-hydrogen) atoms. The molecule has 0 saturated carbocycles. The number of anilines is 1. The van der Waals surface area contributed by atoms with E-state index in [1.807, 2.05) is 6.92 Å². The smallest absolute Gasteiger partial charge is 0.123 e. The largest absolute Gasteiger partial charge is 0.393 e. The molecule has 2 unspecified atom stereocenters.